The van der Waals surface area contributed by atoms with Crippen molar-refractivity contribution < 1.29 is 13.9 Å². The molecule has 3 aromatic carbocycles. The molecule has 0 aliphatic rings. The van der Waals surface area contributed by atoms with E-state index in [2.05, 4.69) is 15.5 Å². The number of hydrogen-bond acceptors (Lipinski definition) is 5. The molecule has 1 heterocycles. The topological polar surface area (TPSA) is 69.0 Å². The molecule has 0 aliphatic heterocycles. The highest BCUT2D eigenvalue weighted by atomic mass is 32.2. The van der Waals surface area contributed by atoms with Crippen LogP contribution in [-0.4, -0.2) is 33.0 Å². The van der Waals surface area contributed by atoms with Crippen LogP contribution in [-0.2, 0) is 17.8 Å². The lowest BCUT2D eigenvalue weighted by Crippen LogP contribution is -2.27. The zero-order valence-corrected chi connectivity index (χ0v) is 18.7. The van der Waals surface area contributed by atoms with Crippen LogP contribution in [0.25, 0.3) is 5.69 Å². The maximum atomic E-state index is 13.9. The standard InChI is InChI=1S/C25H23FN4O2S/c26-21-13-7-8-14-22(21)32-17-23-28-29-25(30(23)20-11-5-2-6-12-20)33-18-24(31)27-16-15-19-9-3-1-4-10-19/h1-14H,15-18H2,(H,27,31). The fraction of sp³-hybridized carbons (Fsp3) is 0.160. The molecular formula is C25H23FN4O2S. The van der Waals surface area contributed by atoms with E-state index in [4.69, 9.17) is 4.74 Å². The predicted octanol–water partition coefficient (Wildman–Crippen LogP) is 4.44. The lowest BCUT2D eigenvalue weighted by molar-refractivity contribution is -0.118. The highest BCUT2D eigenvalue weighted by Crippen LogP contribution is 2.23. The number of rotatable bonds is 10. The largest absolute Gasteiger partial charge is 0.483 e. The average molecular weight is 463 g/mol. The van der Waals surface area contributed by atoms with Crippen molar-refractivity contribution in [1.82, 2.24) is 20.1 Å². The molecule has 1 amide bonds. The smallest absolute Gasteiger partial charge is 0.230 e. The number of ether oxygens (including phenoxy) is 1. The first-order valence-corrected chi connectivity index (χ1v) is 11.5. The summed E-state index contributed by atoms with van der Waals surface area (Å²) in [5.74, 6) is 0.338. The second-order valence-corrected chi connectivity index (χ2v) is 8.11. The van der Waals surface area contributed by atoms with Crippen LogP contribution in [0.2, 0.25) is 0 Å². The quantitative estimate of drug-likeness (QED) is 0.353. The first-order chi connectivity index (χ1) is 16.2. The summed E-state index contributed by atoms with van der Waals surface area (Å²) in [6.07, 6.45) is 0.773. The number of nitrogens with one attached hydrogen (secondary N) is 1. The van der Waals surface area contributed by atoms with Crippen LogP contribution >= 0.6 is 11.8 Å². The molecular weight excluding hydrogens is 439 g/mol. The van der Waals surface area contributed by atoms with Gasteiger partial charge in [-0.2, -0.15) is 0 Å². The molecule has 0 aliphatic carbocycles. The summed E-state index contributed by atoms with van der Waals surface area (Å²) in [7, 11) is 0. The lowest BCUT2D eigenvalue weighted by Gasteiger charge is -2.11. The lowest BCUT2D eigenvalue weighted by atomic mass is 10.1. The summed E-state index contributed by atoms with van der Waals surface area (Å²) in [4.78, 5) is 12.4. The van der Waals surface area contributed by atoms with Gasteiger partial charge in [-0.1, -0.05) is 72.4 Å². The van der Waals surface area contributed by atoms with Gasteiger partial charge in [0.05, 0.1) is 5.75 Å². The molecule has 4 aromatic rings. The van der Waals surface area contributed by atoms with Gasteiger partial charge in [-0.05, 0) is 36.2 Å². The van der Waals surface area contributed by atoms with Crippen molar-refractivity contribution >= 4 is 17.7 Å². The van der Waals surface area contributed by atoms with Crippen molar-refractivity contribution in [3.63, 3.8) is 0 Å². The number of nitrogens with zero attached hydrogens (tertiary/aromatic N) is 3. The first-order valence-electron chi connectivity index (χ1n) is 10.5. The summed E-state index contributed by atoms with van der Waals surface area (Å²) >= 11 is 1.29. The molecule has 0 saturated heterocycles. The number of para-hydroxylation sites is 2. The number of benzene rings is 3. The molecule has 0 spiro atoms. The molecule has 1 aromatic heterocycles. The predicted molar refractivity (Wildman–Crippen MR) is 126 cm³/mol. The second-order valence-electron chi connectivity index (χ2n) is 7.16. The van der Waals surface area contributed by atoms with Crippen LogP contribution in [0.4, 0.5) is 4.39 Å². The van der Waals surface area contributed by atoms with Crippen LogP contribution in [0.1, 0.15) is 11.4 Å². The van der Waals surface area contributed by atoms with Crippen molar-refractivity contribution in [2.75, 3.05) is 12.3 Å². The Morgan fingerprint density at radius 3 is 2.39 bits per heavy atom. The van der Waals surface area contributed by atoms with Crippen molar-refractivity contribution in [2.45, 2.75) is 18.2 Å². The Labute approximate surface area is 195 Å². The highest BCUT2D eigenvalue weighted by Gasteiger charge is 2.17. The van der Waals surface area contributed by atoms with Crippen LogP contribution in [0.15, 0.2) is 90.1 Å². The minimum absolute atomic E-state index is 0.0344. The van der Waals surface area contributed by atoms with E-state index in [0.717, 1.165) is 12.1 Å². The molecule has 4 rings (SSSR count). The highest BCUT2D eigenvalue weighted by molar-refractivity contribution is 7.99. The molecule has 0 saturated carbocycles. The van der Waals surface area contributed by atoms with Crippen LogP contribution in [0.5, 0.6) is 5.75 Å². The van der Waals surface area contributed by atoms with Crippen LogP contribution < -0.4 is 10.1 Å². The third-order valence-electron chi connectivity index (χ3n) is 4.82. The Bertz CT molecular complexity index is 1190. The monoisotopic (exact) mass is 462 g/mol. The Balaban J connectivity index is 1.40. The fourth-order valence-corrected chi connectivity index (χ4v) is 4.00. The number of aromatic nitrogens is 3. The van der Waals surface area contributed by atoms with E-state index in [0.29, 0.717) is 17.5 Å². The third-order valence-corrected chi connectivity index (χ3v) is 5.75. The van der Waals surface area contributed by atoms with E-state index in [1.54, 1.807) is 18.2 Å². The number of hydrogen-bond donors (Lipinski definition) is 1. The fourth-order valence-electron chi connectivity index (χ4n) is 3.20. The maximum absolute atomic E-state index is 13.9. The molecule has 0 radical (unpaired) electrons. The molecule has 6 nitrogen and oxygen atoms in total. The number of amides is 1. The normalized spacial score (nSPS) is 10.7. The molecule has 33 heavy (non-hydrogen) atoms. The van der Waals surface area contributed by atoms with Crippen LogP contribution in [0.3, 0.4) is 0 Å². The van der Waals surface area contributed by atoms with Gasteiger partial charge in [-0.25, -0.2) is 4.39 Å². The Morgan fingerprint density at radius 1 is 0.939 bits per heavy atom. The van der Waals surface area contributed by atoms with Crippen molar-refractivity contribution in [2.24, 2.45) is 0 Å². The summed E-state index contributed by atoms with van der Waals surface area (Å²) < 4.78 is 21.4. The van der Waals surface area contributed by atoms with Gasteiger partial charge in [0.2, 0.25) is 5.91 Å². The molecule has 8 heteroatoms. The molecule has 0 atom stereocenters. The van der Waals surface area contributed by atoms with Gasteiger partial charge in [-0.15, -0.1) is 10.2 Å². The Morgan fingerprint density at radius 2 is 1.64 bits per heavy atom. The third kappa shape index (κ3) is 6.20. The summed E-state index contributed by atoms with van der Waals surface area (Å²) in [6, 6.07) is 25.8. The van der Waals surface area contributed by atoms with Gasteiger partial charge in [0.25, 0.3) is 0 Å². The molecule has 1 N–H and O–H groups in total. The number of halogens is 1. The number of carbonyl (C=O) groups is 1. The van der Waals surface area contributed by atoms with Gasteiger partial charge in [-0.3, -0.25) is 9.36 Å². The van der Waals surface area contributed by atoms with Gasteiger partial charge in [0.15, 0.2) is 22.5 Å². The van der Waals surface area contributed by atoms with Crippen LogP contribution in [0, 0.1) is 5.82 Å². The summed E-state index contributed by atoms with van der Waals surface area (Å²) in [5.41, 5.74) is 2.01. The molecule has 0 bridgehead atoms. The van der Waals surface area contributed by atoms with Crippen molar-refractivity contribution in [3.8, 4) is 11.4 Å². The van der Waals surface area contributed by atoms with Crippen molar-refractivity contribution in [1.29, 1.82) is 0 Å². The van der Waals surface area contributed by atoms with E-state index < -0.39 is 5.82 Å². The minimum Gasteiger partial charge on any atom is -0.483 e. The van der Waals surface area contributed by atoms with E-state index in [-0.39, 0.29) is 24.0 Å². The minimum atomic E-state index is -0.440. The SMILES string of the molecule is O=C(CSc1nnc(COc2ccccc2F)n1-c1ccccc1)NCCc1ccccc1. The van der Waals surface area contributed by atoms with Gasteiger partial charge >= 0.3 is 0 Å². The van der Waals surface area contributed by atoms with E-state index in [1.165, 1.54) is 23.4 Å². The summed E-state index contributed by atoms with van der Waals surface area (Å²) in [6.45, 7) is 0.600. The number of thioether (sulfide) groups is 1. The molecule has 168 valence electrons. The van der Waals surface area contributed by atoms with Gasteiger partial charge in [0.1, 0.15) is 6.61 Å². The Kier molecular flexibility index (Phi) is 7.71. The van der Waals surface area contributed by atoms with Gasteiger partial charge < -0.3 is 10.1 Å². The summed E-state index contributed by atoms with van der Waals surface area (Å²) in [5, 5.41) is 12.0. The molecule has 0 fully saturated rings. The second kappa shape index (κ2) is 11.3. The van der Waals surface area contributed by atoms with Gasteiger partial charge in [0, 0.05) is 12.2 Å². The number of carbonyl (C=O) groups excluding carboxylic acids is 1. The first kappa shape index (κ1) is 22.5. The molecule has 0 unspecified atom stereocenters. The maximum Gasteiger partial charge on any atom is 0.230 e. The van der Waals surface area contributed by atoms with Crippen molar-refractivity contribution in [3.05, 3.63) is 102 Å². The van der Waals surface area contributed by atoms with E-state index in [1.807, 2.05) is 65.2 Å². The van der Waals surface area contributed by atoms with E-state index >= 15 is 0 Å². The Hall–Kier alpha value is -3.65. The zero-order chi connectivity index (χ0) is 22.9. The zero-order valence-electron chi connectivity index (χ0n) is 17.9. The average Bonchev–Trinajstić information content (AvgIpc) is 3.26. The van der Waals surface area contributed by atoms with E-state index in [9.17, 15) is 9.18 Å².